The number of H-pyrrole nitrogens is 1. The van der Waals surface area contributed by atoms with Crippen molar-refractivity contribution in [3.63, 3.8) is 0 Å². The molecule has 3 heterocycles. The summed E-state index contributed by atoms with van der Waals surface area (Å²) in [5.41, 5.74) is 8.39. The van der Waals surface area contributed by atoms with Gasteiger partial charge in [0.2, 0.25) is 5.95 Å². The molecule has 0 aliphatic carbocycles. The first-order chi connectivity index (χ1) is 18.6. The van der Waals surface area contributed by atoms with Crippen LogP contribution in [0.15, 0.2) is 102 Å². The number of aliphatic hydroxyl groups excluding tert-OH is 1. The molecule has 1 aliphatic heterocycles. The van der Waals surface area contributed by atoms with Gasteiger partial charge in [-0.25, -0.2) is 4.98 Å². The lowest BCUT2D eigenvalue weighted by Gasteiger charge is -2.40. The summed E-state index contributed by atoms with van der Waals surface area (Å²) in [6, 6.07) is 30.6. The topological polar surface area (TPSA) is 131 Å². The van der Waals surface area contributed by atoms with Gasteiger partial charge in [-0.2, -0.15) is 4.98 Å². The third-order valence-corrected chi connectivity index (χ3v) is 7.20. The van der Waals surface area contributed by atoms with E-state index >= 15 is 0 Å². The number of fused-ring (bicyclic) bond motifs is 1. The summed E-state index contributed by atoms with van der Waals surface area (Å²) in [5.74, 6) is 0.00637. The molecular formula is C29H28N6O3. The summed E-state index contributed by atoms with van der Waals surface area (Å²) in [6.07, 6.45) is 1.00. The predicted octanol–water partition coefficient (Wildman–Crippen LogP) is 2.93. The normalized spacial score (nSPS) is 19.7. The molecule has 3 aromatic carbocycles. The number of rotatable bonds is 7. The van der Waals surface area contributed by atoms with Crippen LogP contribution in [0.5, 0.6) is 0 Å². The van der Waals surface area contributed by atoms with Crippen LogP contribution in [0.25, 0.3) is 11.2 Å². The first kappa shape index (κ1) is 24.1. The largest absolute Gasteiger partial charge is 0.394 e. The molecule has 0 bridgehead atoms. The zero-order valence-corrected chi connectivity index (χ0v) is 20.6. The number of hydrogen-bond acceptors (Lipinski definition) is 7. The molecule has 3 atom stereocenters. The number of aromatic amines is 1. The lowest BCUT2D eigenvalue weighted by atomic mass is 9.76. The van der Waals surface area contributed by atoms with E-state index < -0.39 is 23.4 Å². The number of nitrogens with one attached hydrogen (secondary N) is 2. The second-order valence-electron chi connectivity index (χ2n) is 9.42. The van der Waals surface area contributed by atoms with Gasteiger partial charge in [-0.1, -0.05) is 91.0 Å². The SMILES string of the molecule is Nc1nc2c(ncn2C2CC(NC(c3ccccc3)(c3ccccc3)c3ccccc3)C(CO)O2)c(=O)[nH]1. The number of nitrogens with zero attached hydrogens (tertiary/aromatic N) is 3. The van der Waals surface area contributed by atoms with Gasteiger partial charge in [0.25, 0.3) is 5.56 Å². The molecule has 0 saturated carbocycles. The Labute approximate surface area is 219 Å². The van der Waals surface area contributed by atoms with Gasteiger partial charge in [-0.05, 0) is 16.7 Å². The minimum Gasteiger partial charge on any atom is -0.394 e. The Kier molecular flexibility index (Phi) is 6.24. The van der Waals surface area contributed by atoms with Crippen molar-refractivity contribution < 1.29 is 9.84 Å². The fraction of sp³-hybridized carbons (Fsp3) is 0.207. The number of nitrogen functional groups attached to an aromatic ring is 1. The first-order valence-corrected chi connectivity index (χ1v) is 12.5. The van der Waals surface area contributed by atoms with Crippen molar-refractivity contribution in [2.24, 2.45) is 0 Å². The van der Waals surface area contributed by atoms with Crippen LogP contribution in [0, 0.1) is 0 Å². The minimum absolute atomic E-state index is 0.00637. The highest BCUT2D eigenvalue weighted by molar-refractivity contribution is 5.70. The van der Waals surface area contributed by atoms with Gasteiger partial charge in [0, 0.05) is 12.5 Å². The molecule has 9 nitrogen and oxygen atoms in total. The van der Waals surface area contributed by atoms with Crippen molar-refractivity contribution >= 4 is 17.1 Å². The van der Waals surface area contributed by atoms with Crippen LogP contribution < -0.4 is 16.6 Å². The summed E-state index contributed by atoms with van der Waals surface area (Å²) >= 11 is 0. The van der Waals surface area contributed by atoms with E-state index in [4.69, 9.17) is 10.5 Å². The fourth-order valence-electron chi connectivity index (χ4n) is 5.47. The molecule has 1 aliphatic rings. The van der Waals surface area contributed by atoms with Crippen LogP contribution in [-0.2, 0) is 10.3 Å². The molecule has 5 aromatic rings. The zero-order valence-electron chi connectivity index (χ0n) is 20.6. The van der Waals surface area contributed by atoms with E-state index in [9.17, 15) is 9.90 Å². The van der Waals surface area contributed by atoms with Gasteiger partial charge in [-0.15, -0.1) is 0 Å². The van der Waals surface area contributed by atoms with E-state index in [0.29, 0.717) is 12.1 Å². The number of benzene rings is 3. The van der Waals surface area contributed by atoms with Crippen molar-refractivity contribution in [1.29, 1.82) is 0 Å². The molecule has 0 amide bonds. The minimum atomic E-state index is -0.725. The van der Waals surface area contributed by atoms with Crippen molar-refractivity contribution in [2.45, 2.75) is 30.3 Å². The summed E-state index contributed by atoms with van der Waals surface area (Å²) in [5, 5.41) is 14.3. The maximum absolute atomic E-state index is 12.3. The van der Waals surface area contributed by atoms with Crippen LogP contribution in [0.2, 0.25) is 0 Å². The Bertz CT molecular complexity index is 1490. The summed E-state index contributed by atoms with van der Waals surface area (Å²) in [7, 11) is 0. The number of imidazole rings is 1. The Morgan fingerprint density at radius 2 is 1.53 bits per heavy atom. The lowest BCUT2D eigenvalue weighted by Crippen LogP contribution is -2.53. The Morgan fingerprint density at radius 3 is 2.05 bits per heavy atom. The third kappa shape index (κ3) is 4.06. The highest BCUT2D eigenvalue weighted by Crippen LogP contribution is 2.40. The Balaban J connectivity index is 1.46. The van der Waals surface area contributed by atoms with E-state index in [1.54, 1.807) is 4.57 Å². The second kappa shape index (κ2) is 9.86. The number of aliphatic hydroxyl groups is 1. The average Bonchev–Trinajstić information content (AvgIpc) is 3.57. The predicted molar refractivity (Wildman–Crippen MR) is 144 cm³/mol. The van der Waals surface area contributed by atoms with E-state index in [2.05, 4.69) is 56.7 Å². The average molecular weight is 509 g/mol. The zero-order chi connectivity index (χ0) is 26.1. The van der Waals surface area contributed by atoms with Gasteiger partial charge in [0.15, 0.2) is 11.2 Å². The Morgan fingerprint density at radius 1 is 0.974 bits per heavy atom. The number of nitrogens with two attached hydrogens (primary N) is 1. The molecule has 5 N–H and O–H groups in total. The summed E-state index contributed by atoms with van der Waals surface area (Å²) < 4.78 is 8.04. The molecule has 192 valence electrons. The smallest absolute Gasteiger partial charge is 0.280 e. The standard InChI is InChI=1S/C29H28N6O3/c30-28-32-26-25(27(37)33-28)31-18-35(26)24-16-22(23(17-36)38-24)34-29(19-10-4-1-5-11-19,20-12-6-2-7-13-20)21-14-8-3-9-15-21/h1-15,18,22-24,34,36H,16-17H2,(H3,30,32,33,37). The molecule has 6 rings (SSSR count). The van der Waals surface area contributed by atoms with Crippen LogP contribution in [-0.4, -0.2) is 43.4 Å². The van der Waals surface area contributed by atoms with E-state index in [1.165, 1.54) is 6.33 Å². The van der Waals surface area contributed by atoms with E-state index in [0.717, 1.165) is 16.7 Å². The van der Waals surface area contributed by atoms with Crippen LogP contribution in [0.3, 0.4) is 0 Å². The number of ether oxygens (including phenoxy) is 1. The Hall–Kier alpha value is -4.31. The van der Waals surface area contributed by atoms with Crippen LogP contribution >= 0.6 is 0 Å². The fourth-order valence-corrected chi connectivity index (χ4v) is 5.47. The van der Waals surface area contributed by atoms with Gasteiger partial charge < -0.3 is 15.6 Å². The molecule has 0 radical (unpaired) electrons. The summed E-state index contributed by atoms with van der Waals surface area (Å²) in [4.78, 5) is 23.3. The van der Waals surface area contributed by atoms with Crippen LogP contribution in [0.4, 0.5) is 5.95 Å². The molecule has 3 unspecified atom stereocenters. The van der Waals surface area contributed by atoms with Gasteiger partial charge >= 0.3 is 0 Å². The van der Waals surface area contributed by atoms with Gasteiger partial charge in [0.05, 0.1) is 24.6 Å². The molecule has 1 fully saturated rings. The lowest BCUT2D eigenvalue weighted by molar-refractivity contribution is -0.0264. The van der Waals surface area contributed by atoms with Crippen molar-refractivity contribution in [1.82, 2.24) is 24.8 Å². The number of aromatic nitrogens is 4. The first-order valence-electron chi connectivity index (χ1n) is 12.5. The van der Waals surface area contributed by atoms with Gasteiger partial charge in [-0.3, -0.25) is 19.7 Å². The number of anilines is 1. The van der Waals surface area contributed by atoms with Crippen LogP contribution in [0.1, 0.15) is 29.3 Å². The van der Waals surface area contributed by atoms with Gasteiger partial charge in [0.1, 0.15) is 6.23 Å². The third-order valence-electron chi connectivity index (χ3n) is 7.20. The molecule has 2 aromatic heterocycles. The maximum atomic E-state index is 12.3. The summed E-state index contributed by atoms with van der Waals surface area (Å²) in [6.45, 7) is -0.189. The van der Waals surface area contributed by atoms with Crippen molar-refractivity contribution in [3.8, 4) is 0 Å². The quantitative estimate of drug-likeness (QED) is 0.249. The molecule has 9 heteroatoms. The van der Waals surface area contributed by atoms with Crippen molar-refractivity contribution in [2.75, 3.05) is 12.3 Å². The number of hydrogen-bond donors (Lipinski definition) is 4. The highest BCUT2D eigenvalue weighted by Gasteiger charge is 2.44. The van der Waals surface area contributed by atoms with E-state index in [-0.39, 0.29) is 24.1 Å². The van der Waals surface area contributed by atoms with E-state index in [1.807, 2.05) is 54.6 Å². The molecule has 1 saturated heterocycles. The maximum Gasteiger partial charge on any atom is 0.280 e. The highest BCUT2D eigenvalue weighted by atomic mass is 16.5. The van der Waals surface area contributed by atoms with Crippen molar-refractivity contribution in [3.05, 3.63) is 124 Å². The molecule has 0 spiro atoms. The molecule has 38 heavy (non-hydrogen) atoms. The second-order valence-corrected chi connectivity index (χ2v) is 9.42. The monoisotopic (exact) mass is 508 g/mol. The molecular weight excluding hydrogens is 480 g/mol.